The maximum absolute atomic E-state index is 13.5. The van der Waals surface area contributed by atoms with Gasteiger partial charge in [0.25, 0.3) is 11.1 Å². The molecule has 0 bridgehead atoms. The van der Waals surface area contributed by atoms with Crippen molar-refractivity contribution in [3.63, 3.8) is 0 Å². The van der Waals surface area contributed by atoms with Crippen molar-refractivity contribution in [1.29, 1.82) is 5.26 Å². The van der Waals surface area contributed by atoms with E-state index in [0.29, 0.717) is 11.1 Å². The summed E-state index contributed by atoms with van der Waals surface area (Å²) in [7, 11) is 2.82. The highest BCUT2D eigenvalue weighted by Gasteiger charge is 2.22. The van der Waals surface area contributed by atoms with E-state index in [1.54, 1.807) is 16.7 Å². The third kappa shape index (κ3) is 4.31. The summed E-state index contributed by atoms with van der Waals surface area (Å²) in [4.78, 5) is 49.8. The van der Waals surface area contributed by atoms with Gasteiger partial charge in [0.05, 0.1) is 12.2 Å². The average molecular weight is 534 g/mol. The molecule has 0 unspecified atom stereocenters. The standard InChI is InChI=1S/C25H17F2N7O3S/c1-32-20-19(22(36)33(2)25(32)37)34(12-13-3-7-15(26)8-4-13)24(30-20)38-23-29-18(17(11-28)21(35)31-23)14-5-9-16(27)10-6-14/h3-10H,12H2,1-2H3,(H,29,31,35). The van der Waals surface area contributed by atoms with Crippen LogP contribution >= 0.6 is 11.8 Å². The molecule has 3 heterocycles. The van der Waals surface area contributed by atoms with Crippen LogP contribution in [0.3, 0.4) is 0 Å². The summed E-state index contributed by atoms with van der Waals surface area (Å²) < 4.78 is 30.7. The van der Waals surface area contributed by atoms with Crippen molar-refractivity contribution in [2.24, 2.45) is 14.1 Å². The van der Waals surface area contributed by atoms with Gasteiger partial charge in [-0.25, -0.2) is 23.5 Å². The Morgan fingerprint density at radius 2 is 1.58 bits per heavy atom. The summed E-state index contributed by atoms with van der Waals surface area (Å²) in [6.07, 6.45) is 0. The number of aromatic nitrogens is 6. The topological polar surface area (TPSA) is 131 Å². The lowest BCUT2D eigenvalue weighted by molar-refractivity contribution is 0.625. The predicted octanol–water partition coefficient (Wildman–Crippen LogP) is 2.53. The molecule has 0 saturated carbocycles. The number of aryl methyl sites for hydroxylation is 1. The number of nitrogens with zero attached hydrogens (tertiary/aromatic N) is 6. The molecule has 2 aromatic carbocycles. The van der Waals surface area contributed by atoms with Gasteiger partial charge in [0.2, 0.25) is 0 Å². The number of fused-ring (bicyclic) bond motifs is 1. The Balaban J connectivity index is 1.71. The lowest BCUT2D eigenvalue weighted by atomic mass is 10.1. The molecule has 0 spiro atoms. The highest BCUT2D eigenvalue weighted by Crippen LogP contribution is 2.29. The Morgan fingerprint density at radius 3 is 2.21 bits per heavy atom. The molecule has 5 aromatic rings. The molecule has 0 fully saturated rings. The summed E-state index contributed by atoms with van der Waals surface area (Å²) in [5.41, 5.74) is -0.849. The maximum Gasteiger partial charge on any atom is 0.332 e. The maximum atomic E-state index is 13.5. The molecule has 0 aliphatic heterocycles. The van der Waals surface area contributed by atoms with Crippen LogP contribution in [-0.4, -0.2) is 28.7 Å². The largest absolute Gasteiger partial charge is 0.332 e. The molecule has 0 atom stereocenters. The zero-order valence-electron chi connectivity index (χ0n) is 19.9. The smallest absolute Gasteiger partial charge is 0.308 e. The van der Waals surface area contributed by atoms with Crippen molar-refractivity contribution in [3.05, 3.63) is 102 Å². The predicted molar refractivity (Wildman–Crippen MR) is 135 cm³/mol. The van der Waals surface area contributed by atoms with E-state index in [0.717, 1.165) is 16.3 Å². The molecular formula is C25H17F2N7O3S. The van der Waals surface area contributed by atoms with Crippen LogP contribution in [0.15, 0.2) is 73.2 Å². The Hall–Kier alpha value is -4.83. The fraction of sp³-hybridized carbons (Fsp3) is 0.120. The molecule has 0 saturated heterocycles. The number of aromatic amines is 1. The van der Waals surface area contributed by atoms with E-state index in [1.807, 2.05) is 6.07 Å². The molecule has 38 heavy (non-hydrogen) atoms. The second-order valence-electron chi connectivity index (χ2n) is 8.30. The Bertz CT molecular complexity index is 1930. The highest BCUT2D eigenvalue weighted by atomic mass is 32.2. The number of nitrogens with one attached hydrogen (secondary N) is 1. The van der Waals surface area contributed by atoms with Crippen LogP contribution in [0.25, 0.3) is 22.4 Å². The van der Waals surface area contributed by atoms with Gasteiger partial charge in [0.1, 0.15) is 23.3 Å². The van der Waals surface area contributed by atoms with Crippen LogP contribution < -0.4 is 16.8 Å². The summed E-state index contributed by atoms with van der Waals surface area (Å²) in [6.45, 7) is 0.0951. The van der Waals surface area contributed by atoms with Gasteiger partial charge >= 0.3 is 5.69 Å². The van der Waals surface area contributed by atoms with E-state index in [1.165, 1.54) is 55.1 Å². The first-order valence-electron chi connectivity index (χ1n) is 11.1. The van der Waals surface area contributed by atoms with Crippen LogP contribution in [0.4, 0.5) is 8.78 Å². The number of hydrogen-bond acceptors (Lipinski definition) is 7. The molecule has 13 heteroatoms. The van der Waals surface area contributed by atoms with Gasteiger partial charge in [-0.05, 0) is 53.7 Å². The van der Waals surface area contributed by atoms with Gasteiger partial charge in [-0.15, -0.1) is 0 Å². The summed E-state index contributed by atoms with van der Waals surface area (Å²) in [5, 5.41) is 9.78. The van der Waals surface area contributed by atoms with Crippen molar-refractivity contribution in [2.45, 2.75) is 16.9 Å². The minimum atomic E-state index is -0.714. The number of rotatable bonds is 5. The number of hydrogen-bond donors (Lipinski definition) is 1. The average Bonchev–Trinajstić information content (AvgIpc) is 3.25. The molecule has 10 nitrogen and oxygen atoms in total. The Kier molecular flexibility index (Phi) is 6.25. The zero-order valence-corrected chi connectivity index (χ0v) is 20.7. The molecule has 0 amide bonds. The van der Waals surface area contributed by atoms with Crippen LogP contribution in [0.2, 0.25) is 0 Å². The minimum absolute atomic E-state index is 0.0447. The number of imidazole rings is 1. The van der Waals surface area contributed by atoms with Gasteiger partial charge in [0, 0.05) is 19.7 Å². The Labute approximate surface area is 216 Å². The van der Waals surface area contributed by atoms with Crippen LogP contribution in [0, 0.1) is 23.0 Å². The van der Waals surface area contributed by atoms with E-state index in [9.17, 15) is 28.4 Å². The van der Waals surface area contributed by atoms with Crippen LogP contribution in [0.1, 0.15) is 11.1 Å². The van der Waals surface area contributed by atoms with E-state index < -0.39 is 28.4 Å². The molecule has 0 radical (unpaired) electrons. The second-order valence-corrected chi connectivity index (χ2v) is 9.26. The molecule has 3 aromatic heterocycles. The van der Waals surface area contributed by atoms with Gasteiger partial charge in [-0.1, -0.05) is 12.1 Å². The van der Waals surface area contributed by atoms with Crippen molar-refractivity contribution < 1.29 is 8.78 Å². The number of benzene rings is 2. The van der Waals surface area contributed by atoms with Gasteiger partial charge in [-0.3, -0.25) is 23.7 Å². The van der Waals surface area contributed by atoms with Gasteiger partial charge in [0.15, 0.2) is 21.5 Å². The third-order valence-electron chi connectivity index (χ3n) is 5.88. The van der Waals surface area contributed by atoms with E-state index in [-0.39, 0.29) is 39.3 Å². The normalized spacial score (nSPS) is 11.1. The van der Waals surface area contributed by atoms with E-state index >= 15 is 0 Å². The molecule has 0 aliphatic carbocycles. The monoisotopic (exact) mass is 533 g/mol. The summed E-state index contributed by atoms with van der Waals surface area (Å²) in [5.74, 6) is -0.918. The molecule has 5 rings (SSSR count). The molecule has 190 valence electrons. The summed E-state index contributed by atoms with van der Waals surface area (Å²) >= 11 is 0.901. The van der Waals surface area contributed by atoms with E-state index in [4.69, 9.17) is 0 Å². The van der Waals surface area contributed by atoms with Gasteiger partial charge < -0.3 is 4.57 Å². The zero-order chi connectivity index (χ0) is 27.1. The summed E-state index contributed by atoms with van der Waals surface area (Å²) in [6, 6.07) is 12.7. The number of nitriles is 1. The highest BCUT2D eigenvalue weighted by molar-refractivity contribution is 7.99. The third-order valence-corrected chi connectivity index (χ3v) is 6.76. The SMILES string of the molecule is Cn1c(=O)c2c(nc(Sc3nc(-c4ccc(F)cc4)c(C#N)c(=O)[nH]3)n2Cc2ccc(F)cc2)n(C)c1=O. The Morgan fingerprint density at radius 1 is 0.947 bits per heavy atom. The van der Waals surface area contributed by atoms with Crippen molar-refractivity contribution in [1.82, 2.24) is 28.7 Å². The lowest BCUT2D eigenvalue weighted by Gasteiger charge is -2.10. The minimum Gasteiger partial charge on any atom is -0.308 e. The number of H-pyrrole nitrogens is 1. The fourth-order valence-corrected chi connectivity index (χ4v) is 4.78. The van der Waals surface area contributed by atoms with Gasteiger partial charge in [-0.2, -0.15) is 5.26 Å². The second kappa shape index (κ2) is 9.56. The first kappa shape index (κ1) is 24.8. The lowest BCUT2D eigenvalue weighted by Crippen LogP contribution is -2.37. The van der Waals surface area contributed by atoms with Crippen LogP contribution in [-0.2, 0) is 20.6 Å². The van der Waals surface area contributed by atoms with E-state index in [2.05, 4.69) is 15.0 Å². The quantitative estimate of drug-likeness (QED) is 0.344. The molecule has 0 aliphatic rings. The van der Waals surface area contributed by atoms with Crippen molar-refractivity contribution in [2.75, 3.05) is 0 Å². The molecule has 1 N–H and O–H groups in total. The fourth-order valence-electron chi connectivity index (χ4n) is 3.93. The first-order chi connectivity index (χ1) is 18.2. The first-order valence-corrected chi connectivity index (χ1v) is 11.9. The van der Waals surface area contributed by atoms with Crippen LogP contribution in [0.5, 0.6) is 0 Å². The van der Waals surface area contributed by atoms with Crippen molar-refractivity contribution >= 4 is 22.9 Å². The molecular weight excluding hydrogens is 516 g/mol. The number of halogens is 2. The van der Waals surface area contributed by atoms with Crippen molar-refractivity contribution in [3.8, 4) is 17.3 Å².